The van der Waals surface area contributed by atoms with Crippen LogP contribution in [0.15, 0.2) is 5.51 Å². The van der Waals surface area contributed by atoms with Crippen LogP contribution in [0.4, 0.5) is 10.6 Å². The van der Waals surface area contributed by atoms with E-state index in [1.54, 1.807) is 12.4 Å². The Bertz CT molecular complexity index is 529. The fourth-order valence-corrected chi connectivity index (χ4v) is 3.01. The third kappa shape index (κ3) is 2.77. The van der Waals surface area contributed by atoms with Gasteiger partial charge in [0.15, 0.2) is 0 Å². The number of hydrogen-bond donors (Lipinski definition) is 2. The maximum atomic E-state index is 12.2. The van der Waals surface area contributed by atoms with Crippen molar-refractivity contribution < 1.29 is 14.7 Å². The van der Waals surface area contributed by atoms with Gasteiger partial charge in [-0.25, -0.2) is 9.78 Å². The first kappa shape index (κ1) is 14.8. The lowest BCUT2D eigenvalue weighted by molar-refractivity contribution is -0.146. The number of carboxylic acids is 1. The molecule has 1 saturated heterocycles. The van der Waals surface area contributed by atoms with Gasteiger partial charge in [-0.05, 0) is 19.3 Å². The first-order valence-electron chi connectivity index (χ1n) is 6.56. The van der Waals surface area contributed by atoms with E-state index in [0.717, 1.165) is 4.88 Å². The third-order valence-corrected chi connectivity index (χ3v) is 4.75. The average molecular weight is 297 g/mol. The van der Waals surface area contributed by atoms with Crippen LogP contribution in [0.25, 0.3) is 0 Å². The van der Waals surface area contributed by atoms with Crippen LogP contribution in [0.5, 0.6) is 0 Å². The van der Waals surface area contributed by atoms with Crippen molar-refractivity contribution in [1.29, 1.82) is 0 Å². The highest BCUT2D eigenvalue weighted by atomic mass is 32.1. The van der Waals surface area contributed by atoms with E-state index in [1.165, 1.54) is 16.2 Å². The molecule has 1 atom stereocenters. The summed E-state index contributed by atoms with van der Waals surface area (Å²) >= 11 is 1.51. The SMILES string of the molecule is CC(C)c1scnc1NC(=O)N1CCC(C)(C(=O)O)C1. The van der Waals surface area contributed by atoms with Gasteiger partial charge in [-0.3, -0.25) is 10.1 Å². The number of carbonyl (C=O) groups excluding carboxylic acids is 1. The monoisotopic (exact) mass is 297 g/mol. The highest BCUT2D eigenvalue weighted by molar-refractivity contribution is 7.10. The lowest BCUT2D eigenvalue weighted by Gasteiger charge is -2.20. The summed E-state index contributed by atoms with van der Waals surface area (Å²) in [5, 5.41) is 12.0. The van der Waals surface area contributed by atoms with Crippen LogP contribution >= 0.6 is 11.3 Å². The Kier molecular flexibility index (Phi) is 3.99. The van der Waals surface area contributed by atoms with Crippen LogP contribution in [-0.4, -0.2) is 40.1 Å². The molecule has 1 aromatic heterocycles. The van der Waals surface area contributed by atoms with E-state index < -0.39 is 11.4 Å². The number of nitrogens with zero attached hydrogens (tertiary/aromatic N) is 2. The molecule has 0 saturated carbocycles. The van der Waals surface area contributed by atoms with Crippen molar-refractivity contribution in [3.8, 4) is 0 Å². The Labute approximate surface area is 121 Å². The molecule has 1 fully saturated rings. The quantitative estimate of drug-likeness (QED) is 0.898. The first-order valence-corrected chi connectivity index (χ1v) is 7.44. The van der Waals surface area contributed by atoms with Gasteiger partial charge in [-0.15, -0.1) is 11.3 Å². The lowest BCUT2D eigenvalue weighted by Crippen LogP contribution is -2.37. The van der Waals surface area contributed by atoms with Gasteiger partial charge >= 0.3 is 12.0 Å². The van der Waals surface area contributed by atoms with E-state index >= 15 is 0 Å². The summed E-state index contributed by atoms with van der Waals surface area (Å²) in [5.74, 6) is 0.0175. The molecule has 20 heavy (non-hydrogen) atoms. The number of thiazole rings is 1. The van der Waals surface area contributed by atoms with Crippen LogP contribution < -0.4 is 5.32 Å². The molecule has 2 rings (SSSR count). The highest BCUT2D eigenvalue weighted by Crippen LogP contribution is 2.31. The molecule has 2 amide bonds. The molecule has 0 aromatic carbocycles. The maximum Gasteiger partial charge on any atom is 0.323 e. The predicted molar refractivity (Wildman–Crippen MR) is 77.2 cm³/mol. The smallest absolute Gasteiger partial charge is 0.323 e. The lowest BCUT2D eigenvalue weighted by atomic mass is 9.90. The van der Waals surface area contributed by atoms with E-state index in [1.807, 2.05) is 13.8 Å². The number of anilines is 1. The average Bonchev–Trinajstić information content (AvgIpc) is 2.96. The maximum absolute atomic E-state index is 12.2. The van der Waals surface area contributed by atoms with Gasteiger partial charge in [0.2, 0.25) is 0 Å². The van der Waals surface area contributed by atoms with Crippen LogP contribution in [0, 0.1) is 5.41 Å². The fraction of sp³-hybridized carbons (Fsp3) is 0.615. The van der Waals surface area contributed by atoms with Gasteiger partial charge in [0.1, 0.15) is 5.82 Å². The Morgan fingerprint density at radius 2 is 2.25 bits per heavy atom. The molecule has 2 heterocycles. The van der Waals surface area contributed by atoms with E-state index in [2.05, 4.69) is 10.3 Å². The topological polar surface area (TPSA) is 82.5 Å². The van der Waals surface area contributed by atoms with Crippen LogP contribution in [0.3, 0.4) is 0 Å². The first-order chi connectivity index (χ1) is 9.33. The summed E-state index contributed by atoms with van der Waals surface area (Å²) < 4.78 is 0. The number of amides is 2. The summed E-state index contributed by atoms with van der Waals surface area (Å²) in [5.41, 5.74) is 0.858. The van der Waals surface area contributed by atoms with Gasteiger partial charge in [0.05, 0.1) is 15.8 Å². The summed E-state index contributed by atoms with van der Waals surface area (Å²) in [4.78, 5) is 30.1. The zero-order chi connectivity index (χ0) is 14.9. The van der Waals surface area contributed by atoms with Crippen molar-refractivity contribution in [1.82, 2.24) is 9.88 Å². The normalized spacial score (nSPS) is 22.3. The number of likely N-dealkylation sites (tertiary alicyclic amines) is 1. The van der Waals surface area contributed by atoms with Crippen molar-refractivity contribution in [3.63, 3.8) is 0 Å². The molecule has 0 radical (unpaired) electrons. The van der Waals surface area contributed by atoms with Gasteiger partial charge in [0.25, 0.3) is 0 Å². The van der Waals surface area contributed by atoms with Gasteiger partial charge in [-0.2, -0.15) is 0 Å². The standard InChI is InChI=1S/C13H19N3O3S/c1-8(2)9-10(14-7-20-9)15-12(19)16-5-4-13(3,6-16)11(17)18/h7-8H,4-6H2,1-3H3,(H,15,19)(H,17,18). The Hall–Kier alpha value is -1.63. The summed E-state index contributed by atoms with van der Waals surface area (Å²) in [6.07, 6.45) is 0.476. The minimum absolute atomic E-state index is 0.231. The molecule has 1 aliphatic rings. The van der Waals surface area contributed by atoms with E-state index in [9.17, 15) is 14.7 Å². The third-order valence-electron chi connectivity index (χ3n) is 3.62. The molecule has 110 valence electrons. The number of rotatable bonds is 3. The number of aliphatic carboxylic acids is 1. The molecule has 0 bridgehead atoms. The van der Waals surface area contributed by atoms with Crippen LogP contribution in [0.1, 0.15) is 38.0 Å². The molecule has 1 aromatic rings. The van der Waals surface area contributed by atoms with Crippen molar-refractivity contribution in [3.05, 3.63) is 10.4 Å². The van der Waals surface area contributed by atoms with Gasteiger partial charge in [0, 0.05) is 13.1 Å². The van der Waals surface area contributed by atoms with Crippen molar-refractivity contribution >= 4 is 29.2 Å². The minimum atomic E-state index is -0.857. The number of urea groups is 1. The van der Waals surface area contributed by atoms with Gasteiger partial charge < -0.3 is 10.0 Å². The molecule has 7 heteroatoms. The molecular weight excluding hydrogens is 278 g/mol. The Balaban J connectivity index is 2.03. The van der Waals surface area contributed by atoms with Gasteiger partial charge in [-0.1, -0.05) is 13.8 Å². The zero-order valence-corrected chi connectivity index (χ0v) is 12.7. The minimum Gasteiger partial charge on any atom is -0.481 e. The highest BCUT2D eigenvalue weighted by Gasteiger charge is 2.42. The molecule has 1 unspecified atom stereocenters. The largest absolute Gasteiger partial charge is 0.481 e. The molecule has 0 aliphatic carbocycles. The Morgan fingerprint density at radius 1 is 1.55 bits per heavy atom. The summed E-state index contributed by atoms with van der Waals surface area (Å²) in [6, 6.07) is -0.275. The number of carbonyl (C=O) groups is 2. The number of carboxylic acid groups (broad SMARTS) is 1. The van der Waals surface area contributed by atoms with Crippen LogP contribution in [-0.2, 0) is 4.79 Å². The number of nitrogens with one attached hydrogen (secondary N) is 1. The number of aromatic nitrogens is 1. The van der Waals surface area contributed by atoms with E-state index in [4.69, 9.17) is 0 Å². The summed E-state index contributed by atoms with van der Waals surface area (Å²) in [6.45, 7) is 6.44. The van der Waals surface area contributed by atoms with Crippen molar-refractivity contribution in [2.75, 3.05) is 18.4 Å². The fourth-order valence-electron chi connectivity index (χ4n) is 2.25. The van der Waals surface area contributed by atoms with E-state index in [0.29, 0.717) is 24.7 Å². The second-order valence-corrected chi connectivity index (χ2v) is 6.57. The van der Waals surface area contributed by atoms with Crippen LogP contribution in [0.2, 0.25) is 0 Å². The molecule has 1 aliphatic heterocycles. The molecule has 0 spiro atoms. The second-order valence-electron chi connectivity index (χ2n) is 5.69. The zero-order valence-electron chi connectivity index (χ0n) is 11.8. The Morgan fingerprint density at radius 3 is 2.80 bits per heavy atom. The van der Waals surface area contributed by atoms with Crippen molar-refractivity contribution in [2.24, 2.45) is 5.41 Å². The second kappa shape index (κ2) is 5.40. The van der Waals surface area contributed by atoms with E-state index in [-0.39, 0.29) is 12.6 Å². The molecular formula is C13H19N3O3S. The predicted octanol–water partition coefficient (Wildman–Crippen LogP) is 2.60. The number of hydrogen-bond acceptors (Lipinski definition) is 4. The van der Waals surface area contributed by atoms with Crippen molar-refractivity contribution in [2.45, 2.75) is 33.1 Å². The molecule has 6 nitrogen and oxygen atoms in total. The summed E-state index contributed by atoms with van der Waals surface area (Å²) in [7, 11) is 0. The molecule has 2 N–H and O–H groups in total.